The predicted octanol–water partition coefficient (Wildman–Crippen LogP) is 1.30. The maximum atomic E-state index is 13.2. The zero-order valence-electron chi connectivity index (χ0n) is 14.1. The topological polar surface area (TPSA) is 84.3 Å². The molecule has 4 heterocycles. The molecule has 25 heavy (non-hydrogen) atoms. The van der Waals surface area contributed by atoms with E-state index in [9.17, 15) is 4.79 Å². The third-order valence-corrected chi connectivity index (χ3v) is 5.11. The molecular weight excluding hydrogens is 320 g/mol. The van der Waals surface area contributed by atoms with Crippen LogP contribution in [0.1, 0.15) is 19.3 Å². The molecule has 1 amide bonds. The Morgan fingerprint density at radius 1 is 1.12 bits per heavy atom. The van der Waals surface area contributed by atoms with Crippen molar-refractivity contribution in [1.29, 1.82) is 0 Å². The second-order valence-corrected chi connectivity index (χ2v) is 6.53. The number of hydrogen-bond acceptors (Lipinski definition) is 7. The maximum absolute atomic E-state index is 13.2. The smallest absolute Gasteiger partial charge is 0.235 e. The zero-order valence-corrected chi connectivity index (χ0v) is 14.1. The minimum atomic E-state index is -0.369. The van der Waals surface area contributed by atoms with E-state index in [4.69, 9.17) is 4.74 Å². The minimum Gasteiger partial charge on any atom is -0.481 e. The summed E-state index contributed by atoms with van der Waals surface area (Å²) in [5.41, 5.74) is 0.400. The standard InChI is InChI=1S/C17H20N6O2/c1-25-15-7-14(20-12-21-15)22-5-2-3-17(10-22)4-6-23(16(17)24)13-8-18-11-19-9-13/h7-9,11-12H,2-6,10H2,1H3. The van der Waals surface area contributed by atoms with E-state index in [0.717, 1.165) is 37.3 Å². The van der Waals surface area contributed by atoms with Crippen molar-refractivity contribution in [3.05, 3.63) is 31.1 Å². The van der Waals surface area contributed by atoms with E-state index >= 15 is 0 Å². The van der Waals surface area contributed by atoms with Crippen molar-refractivity contribution in [2.75, 3.05) is 36.5 Å². The Balaban J connectivity index is 1.57. The first-order valence-corrected chi connectivity index (χ1v) is 8.40. The molecule has 2 fully saturated rings. The number of nitrogens with zero attached hydrogens (tertiary/aromatic N) is 6. The van der Waals surface area contributed by atoms with Crippen molar-refractivity contribution in [1.82, 2.24) is 19.9 Å². The van der Waals surface area contributed by atoms with Gasteiger partial charge in [0.1, 0.15) is 18.5 Å². The van der Waals surface area contributed by atoms with E-state index < -0.39 is 0 Å². The fourth-order valence-corrected chi connectivity index (χ4v) is 3.82. The van der Waals surface area contributed by atoms with Crippen LogP contribution in [0.25, 0.3) is 0 Å². The summed E-state index contributed by atoms with van der Waals surface area (Å²) in [6, 6.07) is 1.82. The first-order chi connectivity index (χ1) is 12.2. The van der Waals surface area contributed by atoms with Gasteiger partial charge in [0.05, 0.1) is 30.6 Å². The normalized spacial score (nSPS) is 23.3. The molecule has 2 aromatic rings. The summed E-state index contributed by atoms with van der Waals surface area (Å²) in [5, 5.41) is 0. The second-order valence-electron chi connectivity index (χ2n) is 6.53. The molecule has 0 N–H and O–H groups in total. The average molecular weight is 340 g/mol. The lowest BCUT2D eigenvalue weighted by atomic mass is 9.78. The van der Waals surface area contributed by atoms with Crippen LogP contribution >= 0.6 is 0 Å². The van der Waals surface area contributed by atoms with Crippen LogP contribution in [0.3, 0.4) is 0 Å². The SMILES string of the molecule is COc1cc(N2CCCC3(CCN(c4cncnc4)C3=O)C2)ncn1. The van der Waals surface area contributed by atoms with Crippen LogP contribution in [0.2, 0.25) is 0 Å². The van der Waals surface area contributed by atoms with E-state index in [1.165, 1.54) is 12.7 Å². The van der Waals surface area contributed by atoms with Gasteiger partial charge in [-0.1, -0.05) is 0 Å². The molecule has 1 unspecified atom stereocenters. The Morgan fingerprint density at radius 2 is 1.96 bits per heavy atom. The molecular formula is C17H20N6O2. The molecule has 0 saturated carbocycles. The monoisotopic (exact) mass is 340 g/mol. The van der Waals surface area contributed by atoms with Gasteiger partial charge in [0.15, 0.2) is 0 Å². The Hall–Kier alpha value is -2.77. The number of carbonyl (C=O) groups is 1. The summed E-state index contributed by atoms with van der Waals surface area (Å²) in [5.74, 6) is 1.50. The molecule has 1 spiro atoms. The molecule has 4 rings (SSSR count). The number of aromatic nitrogens is 4. The summed E-state index contributed by atoms with van der Waals surface area (Å²) in [6.45, 7) is 2.24. The van der Waals surface area contributed by atoms with Gasteiger partial charge in [-0.25, -0.2) is 19.9 Å². The summed E-state index contributed by atoms with van der Waals surface area (Å²) in [4.78, 5) is 33.6. The third kappa shape index (κ3) is 2.77. The van der Waals surface area contributed by atoms with E-state index in [1.54, 1.807) is 19.5 Å². The number of hydrogen-bond donors (Lipinski definition) is 0. The Morgan fingerprint density at radius 3 is 2.76 bits per heavy atom. The van der Waals surface area contributed by atoms with Gasteiger partial charge in [-0.15, -0.1) is 0 Å². The Bertz CT molecular complexity index is 771. The van der Waals surface area contributed by atoms with Crippen LogP contribution in [0, 0.1) is 5.41 Å². The van der Waals surface area contributed by atoms with Crippen molar-refractivity contribution >= 4 is 17.4 Å². The molecule has 2 saturated heterocycles. The largest absolute Gasteiger partial charge is 0.481 e. The van der Waals surface area contributed by atoms with E-state index in [2.05, 4.69) is 24.8 Å². The van der Waals surface area contributed by atoms with Gasteiger partial charge in [0.2, 0.25) is 11.8 Å². The predicted molar refractivity (Wildman–Crippen MR) is 91.5 cm³/mol. The van der Waals surface area contributed by atoms with Crippen LogP contribution in [0.15, 0.2) is 31.1 Å². The van der Waals surface area contributed by atoms with Crippen molar-refractivity contribution in [2.45, 2.75) is 19.3 Å². The van der Waals surface area contributed by atoms with Crippen molar-refractivity contribution in [2.24, 2.45) is 5.41 Å². The molecule has 2 aromatic heterocycles. The summed E-state index contributed by atoms with van der Waals surface area (Å²) in [6.07, 6.45) is 9.05. The van der Waals surface area contributed by atoms with Crippen LogP contribution in [0.4, 0.5) is 11.5 Å². The molecule has 1 atom stereocenters. The minimum absolute atomic E-state index is 0.160. The number of anilines is 2. The van der Waals surface area contributed by atoms with Gasteiger partial charge in [0, 0.05) is 25.7 Å². The van der Waals surface area contributed by atoms with Gasteiger partial charge in [-0.2, -0.15) is 0 Å². The maximum Gasteiger partial charge on any atom is 0.235 e. The van der Waals surface area contributed by atoms with Crippen LogP contribution < -0.4 is 14.5 Å². The lowest BCUT2D eigenvalue weighted by molar-refractivity contribution is -0.126. The lowest BCUT2D eigenvalue weighted by Crippen LogP contribution is -2.48. The van der Waals surface area contributed by atoms with Crippen LogP contribution in [-0.2, 0) is 4.79 Å². The second kappa shape index (κ2) is 6.27. The Kier molecular flexibility index (Phi) is 3.95. The third-order valence-electron chi connectivity index (χ3n) is 5.11. The quantitative estimate of drug-likeness (QED) is 0.832. The number of ether oxygens (including phenoxy) is 1. The zero-order chi connectivity index (χ0) is 17.3. The number of amides is 1. The molecule has 0 bridgehead atoms. The van der Waals surface area contributed by atoms with Gasteiger partial charge in [-0.05, 0) is 19.3 Å². The lowest BCUT2D eigenvalue weighted by Gasteiger charge is -2.39. The summed E-state index contributed by atoms with van der Waals surface area (Å²) < 4.78 is 5.19. The fraction of sp³-hybridized carbons (Fsp3) is 0.471. The molecule has 0 radical (unpaired) electrons. The first-order valence-electron chi connectivity index (χ1n) is 8.40. The van der Waals surface area contributed by atoms with Crippen molar-refractivity contribution in [3.63, 3.8) is 0 Å². The molecule has 8 heteroatoms. The highest BCUT2D eigenvalue weighted by Gasteiger charge is 2.49. The van der Waals surface area contributed by atoms with E-state index in [0.29, 0.717) is 19.0 Å². The first kappa shape index (κ1) is 15.7. The van der Waals surface area contributed by atoms with Gasteiger partial charge < -0.3 is 14.5 Å². The van der Waals surface area contributed by atoms with Crippen molar-refractivity contribution < 1.29 is 9.53 Å². The Labute approximate surface area is 145 Å². The molecule has 2 aliphatic rings. The number of carbonyl (C=O) groups excluding carboxylic acids is 1. The highest BCUT2D eigenvalue weighted by Crippen LogP contribution is 2.42. The van der Waals surface area contributed by atoms with Crippen molar-refractivity contribution in [3.8, 4) is 5.88 Å². The highest BCUT2D eigenvalue weighted by molar-refractivity contribution is 6.00. The van der Waals surface area contributed by atoms with E-state index in [1.807, 2.05) is 11.0 Å². The fourth-order valence-electron chi connectivity index (χ4n) is 3.82. The number of methoxy groups -OCH3 is 1. The van der Waals surface area contributed by atoms with Gasteiger partial charge in [-0.3, -0.25) is 4.79 Å². The number of piperidine rings is 1. The summed E-state index contributed by atoms with van der Waals surface area (Å²) >= 11 is 0. The number of rotatable bonds is 3. The van der Waals surface area contributed by atoms with E-state index in [-0.39, 0.29) is 11.3 Å². The van der Waals surface area contributed by atoms with Crippen LogP contribution in [0.5, 0.6) is 5.88 Å². The molecule has 0 aliphatic carbocycles. The molecule has 0 aromatic carbocycles. The highest BCUT2D eigenvalue weighted by atomic mass is 16.5. The van der Waals surface area contributed by atoms with Gasteiger partial charge in [0.25, 0.3) is 0 Å². The molecule has 2 aliphatic heterocycles. The molecule has 8 nitrogen and oxygen atoms in total. The average Bonchev–Trinajstić information content (AvgIpc) is 2.98. The van der Waals surface area contributed by atoms with Gasteiger partial charge >= 0.3 is 0 Å². The van der Waals surface area contributed by atoms with Crippen LogP contribution in [-0.4, -0.2) is 52.6 Å². The summed E-state index contributed by atoms with van der Waals surface area (Å²) in [7, 11) is 1.59. The molecule has 130 valence electrons.